The maximum Gasteiger partial charge on any atom is 0.265 e. The van der Waals surface area contributed by atoms with Gasteiger partial charge in [0.1, 0.15) is 28.6 Å². The number of nitrogens with two attached hydrogens (primary N) is 1. The minimum atomic E-state index is -0.656. The van der Waals surface area contributed by atoms with Crippen LogP contribution in [0, 0.1) is 0 Å². The third-order valence-electron chi connectivity index (χ3n) is 4.70. The number of hydrogen-bond donors (Lipinski definition) is 2. The zero-order valence-corrected chi connectivity index (χ0v) is 16.5. The Morgan fingerprint density at radius 1 is 1.03 bits per heavy atom. The molecule has 1 amide bonds. The number of primary amides is 1. The molecule has 0 aliphatic carbocycles. The minimum absolute atomic E-state index is 0.000780. The van der Waals surface area contributed by atoms with Gasteiger partial charge in [0.05, 0.1) is 5.52 Å². The Balaban J connectivity index is 1.99. The van der Waals surface area contributed by atoms with E-state index in [9.17, 15) is 24.3 Å². The number of pyridine rings is 1. The molecule has 1 aromatic heterocycles. The van der Waals surface area contributed by atoms with E-state index in [1.54, 1.807) is 30.3 Å². The number of nitrogens with zero attached hydrogens (tertiary/aromatic N) is 1. The second kappa shape index (κ2) is 8.20. The molecule has 3 aromatic rings. The number of carbonyl (C=O) groups is 3. The smallest absolute Gasteiger partial charge is 0.265 e. The molecule has 8 nitrogen and oxygen atoms in total. The van der Waals surface area contributed by atoms with Crippen LogP contribution in [0.3, 0.4) is 0 Å². The van der Waals surface area contributed by atoms with E-state index in [-0.39, 0.29) is 24.2 Å². The van der Waals surface area contributed by atoms with Crippen LogP contribution < -0.4 is 16.0 Å². The second-order valence-corrected chi connectivity index (χ2v) is 6.88. The fourth-order valence-electron chi connectivity index (χ4n) is 3.05. The van der Waals surface area contributed by atoms with Crippen LogP contribution >= 0.6 is 0 Å². The van der Waals surface area contributed by atoms with Crippen molar-refractivity contribution in [1.82, 2.24) is 4.57 Å². The van der Waals surface area contributed by atoms with Crippen LogP contribution in [0.2, 0.25) is 0 Å². The highest BCUT2D eigenvalue weighted by molar-refractivity contribution is 6.04. The van der Waals surface area contributed by atoms with E-state index in [1.165, 1.54) is 30.7 Å². The van der Waals surface area contributed by atoms with Crippen molar-refractivity contribution in [3.8, 4) is 17.2 Å². The molecule has 2 aromatic carbocycles. The molecule has 30 heavy (non-hydrogen) atoms. The lowest BCUT2D eigenvalue weighted by Gasteiger charge is -2.13. The molecule has 154 valence electrons. The SMILES string of the molecule is CC(=O)CCC(=O)c1c(O)c2ccc(Oc3ccc(C(N)=O)cc3)cc2n(C)c1=O. The standard InChI is InChI=1S/C22H20N2O6/c1-12(25)3-10-18(26)19-20(27)16-9-8-15(11-17(16)24(2)22(19)29)30-14-6-4-13(5-7-14)21(23)28/h4-9,11,27H,3,10H2,1-2H3,(H2,23,28). The summed E-state index contributed by atoms with van der Waals surface area (Å²) in [5.41, 5.74) is 4.94. The Morgan fingerprint density at radius 3 is 2.27 bits per heavy atom. The molecule has 8 heteroatoms. The normalized spacial score (nSPS) is 10.7. The zero-order chi connectivity index (χ0) is 22.0. The van der Waals surface area contributed by atoms with E-state index in [0.717, 1.165) is 0 Å². The second-order valence-electron chi connectivity index (χ2n) is 6.88. The predicted octanol–water partition coefficient (Wildman–Crippen LogP) is 2.69. The molecule has 0 saturated heterocycles. The number of Topliss-reactive ketones (excluding diaryl/α,β-unsaturated/α-hetero) is 2. The Labute approximate surface area is 171 Å². The van der Waals surface area contributed by atoms with E-state index in [1.807, 2.05) is 0 Å². The number of amides is 1. The topological polar surface area (TPSA) is 129 Å². The van der Waals surface area contributed by atoms with Gasteiger partial charge in [-0.25, -0.2) is 0 Å². The number of ether oxygens (including phenoxy) is 1. The van der Waals surface area contributed by atoms with Gasteiger partial charge in [-0.05, 0) is 43.3 Å². The maximum absolute atomic E-state index is 12.7. The number of carbonyl (C=O) groups excluding carboxylic acids is 3. The highest BCUT2D eigenvalue weighted by atomic mass is 16.5. The first-order valence-electron chi connectivity index (χ1n) is 9.15. The van der Waals surface area contributed by atoms with Crippen molar-refractivity contribution in [2.75, 3.05) is 0 Å². The molecule has 3 N–H and O–H groups in total. The fraction of sp³-hybridized carbons (Fsp3) is 0.182. The molecule has 0 saturated carbocycles. The molecule has 3 rings (SSSR count). The summed E-state index contributed by atoms with van der Waals surface area (Å²) in [5.74, 6) is -0.888. The third kappa shape index (κ3) is 4.07. The van der Waals surface area contributed by atoms with Gasteiger partial charge in [0, 0.05) is 36.9 Å². The number of ketones is 2. The van der Waals surface area contributed by atoms with Crippen LogP contribution in [0.25, 0.3) is 10.9 Å². The maximum atomic E-state index is 12.7. The predicted molar refractivity (Wildman–Crippen MR) is 110 cm³/mol. The Hall–Kier alpha value is -3.94. The molecular formula is C22H20N2O6. The summed E-state index contributed by atoms with van der Waals surface area (Å²) in [7, 11) is 1.48. The number of benzene rings is 2. The van der Waals surface area contributed by atoms with E-state index >= 15 is 0 Å². The van der Waals surface area contributed by atoms with Gasteiger partial charge in [-0.1, -0.05) is 0 Å². The number of aryl methyl sites for hydroxylation is 1. The van der Waals surface area contributed by atoms with Crippen LogP contribution in [0.15, 0.2) is 47.3 Å². The largest absolute Gasteiger partial charge is 0.506 e. The summed E-state index contributed by atoms with van der Waals surface area (Å²) >= 11 is 0. The Bertz CT molecular complexity index is 1230. The average molecular weight is 408 g/mol. The van der Waals surface area contributed by atoms with Crippen LogP contribution in [0.5, 0.6) is 17.2 Å². The van der Waals surface area contributed by atoms with E-state index < -0.39 is 23.0 Å². The van der Waals surface area contributed by atoms with Crippen molar-refractivity contribution in [1.29, 1.82) is 0 Å². The van der Waals surface area contributed by atoms with E-state index in [2.05, 4.69) is 0 Å². The zero-order valence-electron chi connectivity index (χ0n) is 16.5. The average Bonchev–Trinajstić information content (AvgIpc) is 2.71. The van der Waals surface area contributed by atoms with Gasteiger partial charge in [-0.3, -0.25) is 14.4 Å². The fourth-order valence-corrected chi connectivity index (χ4v) is 3.05. The van der Waals surface area contributed by atoms with Crippen molar-refractivity contribution in [3.05, 3.63) is 63.9 Å². The molecule has 0 aliphatic rings. The lowest BCUT2D eigenvalue weighted by molar-refractivity contribution is -0.117. The third-order valence-corrected chi connectivity index (χ3v) is 4.70. The molecule has 0 bridgehead atoms. The summed E-state index contributed by atoms with van der Waals surface area (Å²) in [4.78, 5) is 47.3. The summed E-state index contributed by atoms with van der Waals surface area (Å²) in [6, 6.07) is 10.9. The van der Waals surface area contributed by atoms with Crippen LogP contribution in [0.4, 0.5) is 0 Å². The monoisotopic (exact) mass is 408 g/mol. The lowest BCUT2D eigenvalue weighted by Crippen LogP contribution is -2.25. The van der Waals surface area contributed by atoms with Crippen LogP contribution in [-0.2, 0) is 11.8 Å². The number of aromatic hydroxyl groups is 1. The molecule has 0 aliphatic heterocycles. The van der Waals surface area contributed by atoms with Crippen LogP contribution in [0.1, 0.15) is 40.5 Å². The molecule has 0 radical (unpaired) electrons. The van der Waals surface area contributed by atoms with Crippen molar-refractivity contribution < 1.29 is 24.2 Å². The lowest BCUT2D eigenvalue weighted by atomic mass is 10.0. The molecule has 0 fully saturated rings. The number of rotatable bonds is 7. The van der Waals surface area contributed by atoms with E-state index in [0.29, 0.717) is 28.0 Å². The minimum Gasteiger partial charge on any atom is -0.506 e. The van der Waals surface area contributed by atoms with E-state index in [4.69, 9.17) is 10.5 Å². The molecular weight excluding hydrogens is 388 g/mol. The summed E-state index contributed by atoms with van der Waals surface area (Å²) in [6.45, 7) is 1.36. The van der Waals surface area contributed by atoms with Gasteiger partial charge in [0.15, 0.2) is 5.78 Å². The van der Waals surface area contributed by atoms with Gasteiger partial charge >= 0.3 is 0 Å². The first-order valence-corrected chi connectivity index (χ1v) is 9.15. The molecule has 1 heterocycles. The Morgan fingerprint density at radius 2 is 1.67 bits per heavy atom. The summed E-state index contributed by atoms with van der Waals surface area (Å²) in [5, 5.41) is 10.9. The molecule has 0 atom stereocenters. The highest BCUT2D eigenvalue weighted by Crippen LogP contribution is 2.31. The highest BCUT2D eigenvalue weighted by Gasteiger charge is 2.21. The Kier molecular flexibility index (Phi) is 5.68. The van der Waals surface area contributed by atoms with Gasteiger partial charge in [-0.15, -0.1) is 0 Å². The van der Waals surface area contributed by atoms with Crippen molar-refractivity contribution in [3.63, 3.8) is 0 Å². The van der Waals surface area contributed by atoms with Crippen molar-refractivity contribution >= 4 is 28.4 Å². The quantitative estimate of drug-likeness (QED) is 0.578. The first-order chi connectivity index (χ1) is 14.2. The van der Waals surface area contributed by atoms with Crippen molar-refractivity contribution in [2.45, 2.75) is 19.8 Å². The van der Waals surface area contributed by atoms with Crippen LogP contribution in [-0.4, -0.2) is 27.1 Å². The number of aromatic nitrogens is 1. The van der Waals surface area contributed by atoms with Gasteiger partial charge in [0.25, 0.3) is 5.56 Å². The number of hydrogen-bond acceptors (Lipinski definition) is 6. The van der Waals surface area contributed by atoms with Gasteiger partial charge < -0.3 is 24.9 Å². The van der Waals surface area contributed by atoms with Crippen molar-refractivity contribution in [2.24, 2.45) is 12.8 Å². The van der Waals surface area contributed by atoms with Gasteiger partial charge in [0.2, 0.25) is 5.91 Å². The summed E-state index contributed by atoms with van der Waals surface area (Å²) in [6.07, 6.45) is -0.146. The molecule has 0 unspecified atom stereocenters. The first kappa shape index (κ1) is 20.8. The summed E-state index contributed by atoms with van der Waals surface area (Å²) < 4.78 is 6.99. The van der Waals surface area contributed by atoms with Gasteiger partial charge in [-0.2, -0.15) is 0 Å². The number of fused-ring (bicyclic) bond motifs is 1. The molecule has 0 spiro atoms.